The highest BCUT2D eigenvalue weighted by atomic mass is 16.2. The summed E-state index contributed by atoms with van der Waals surface area (Å²) in [4.78, 5) is 14.8. The van der Waals surface area contributed by atoms with Crippen LogP contribution in [-0.4, -0.2) is 29.4 Å². The third-order valence-electron chi connectivity index (χ3n) is 5.37. The molecule has 2 unspecified atom stereocenters. The zero-order valence-corrected chi connectivity index (χ0v) is 11.5. The number of fused-ring (bicyclic) bond motifs is 2. The summed E-state index contributed by atoms with van der Waals surface area (Å²) in [6.45, 7) is 3.01. The number of nitrogens with two attached hydrogens (primary N) is 1. The van der Waals surface area contributed by atoms with E-state index < -0.39 is 0 Å². The van der Waals surface area contributed by atoms with Crippen molar-refractivity contribution >= 4 is 5.91 Å². The molecule has 2 bridgehead atoms. The highest BCUT2D eigenvalue weighted by molar-refractivity contribution is 5.79. The molecule has 3 heteroatoms. The molecule has 0 aromatic rings. The van der Waals surface area contributed by atoms with Gasteiger partial charge in [0.15, 0.2) is 0 Å². The van der Waals surface area contributed by atoms with Crippen LogP contribution in [0.15, 0.2) is 0 Å². The number of nitrogens with zero attached hydrogens (tertiary/aromatic N) is 1. The van der Waals surface area contributed by atoms with Crippen molar-refractivity contribution in [2.45, 2.75) is 64.0 Å². The third kappa shape index (κ3) is 2.18. The van der Waals surface area contributed by atoms with Gasteiger partial charge in [0.2, 0.25) is 5.91 Å². The molecule has 0 saturated heterocycles. The highest BCUT2D eigenvalue weighted by Crippen LogP contribution is 2.43. The summed E-state index contributed by atoms with van der Waals surface area (Å²) in [5.74, 6) is 1.94. The molecule has 2 atom stereocenters. The van der Waals surface area contributed by atoms with Gasteiger partial charge in [0.1, 0.15) is 0 Å². The maximum Gasteiger partial charge on any atom is 0.225 e. The number of carbonyl (C=O) groups excluding carboxylic acids is 1. The molecular weight excluding hydrogens is 224 g/mol. The number of hydrogen-bond donors (Lipinski definition) is 1. The molecule has 3 nitrogen and oxygen atoms in total. The van der Waals surface area contributed by atoms with Crippen LogP contribution in [0.3, 0.4) is 0 Å². The Labute approximate surface area is 110 Å². The first kappa shape index (κ1) is 12.5. The molecule has 3 rings (SSSR count). The molecule has 3 saturated carbocycles. The largest absolute Gasteiger partial charge is 0.340 e. The number of carbonyl (C=O) groups is 1. The summed E-state index contributed by atoms with van der Waals surface area (Å²) in [5.41, 5.74) is 6.30. The number of hydrogen-bond acceptors (Lipinski definition) is 2. The van der Waals surface area contributed by atoms with E-state index in [1.807, 2.05) is 0 Å². The van der Waals surface area contributed by atoms with E-state index in [0.717, 1.165) is 19.4 Å². The fourth-order valence-corrected chi connectivity index (χ4v) is 4.21. The van der Waals surface area contributed by atoms with Crippen molar-refractivity contribution in [2.75, 3.05) is 6.54 Å². The first-order chi connectivity index (χ1) is 8.70. The molecule has 2 N–H and O–H groups in total. The fraction of sp³-hybridized carbons (Fsp3) is 0.933. The van der Waals surface area contributed by atoms with Gasteiger partial charge in [0, 0.05) is 24.5 Å². The van der Waals surface area contributed by atoms with Gasteiger partial charge < -0.3 is 10.6 Å². The maximum atomic E-state index is 12.6. The van der Waals surface area contributed by atoms with Gasteiger partial charge in [0.05, 0.1) is 0 Å². The molecule has 0 heterocycles. The zero-order valence-electron chi connectivity index (χ0n) is 11.5. The molecule has 0 aromatic heterocycles. The smallest absolute Gasteiger partial charge is 0.225 e. The molecule has 3 aliphatic carbocycles. The van der Waals surface area contributed by atoms with Crippen LogP contribution in [0.5, 0.6) is 0 Å². The zero-order chi connectivity index (χ0) is 12.7. The van der Waals surface area contributed by atoms with Gasteiger partial charge in [-0.15, -0.1) is 0 Å². The minimum Gasteiger partial charge on any atom is -0.340 e. The van der Waals surface area contributed by atoms with Crippen LogP contribution in [0.2, 0.25) is 0 Å². The Hall–Kier alpha value is -0.570. The van der Waals surface area contributed by atoms with Crippen LogP contribution in [0, 0.1) is 17.8 Å². The van der Waals surface area contributed by atoms with Crippen LogP contribution < -0.4 is 5.73 Å². The normalized spacial score (nSPS) is 39.4. The number of rotatable bonds is 3. The van der Waals surface area contributed by atoms with Gasteiger partial charge in [-0.05, 0) is 57.3 Å². The summed E-state index contributed by atoms with van der Waals surface area (Å²) < 4.78 is 0. The summed E-state index contributed by atoms with van der Waals surface area (Å²) in [6.07, 6.45) is 8.37. The Kier molecular flexibility index (Phi) is 3.35. The van der Waals surface area contributed by atoms with Crippen LogP contribution >= 0.6 is 0 Å². The minimum absolute atomic E-state index is 0.278. The summed E-state index contributed by atoms with van der Waals surface area (Å²) >= 11 is 0. The Balaban J connectivity index is 1.67. The van der Waals surface area contributed by atoms with Crippen molar-refractivity contribution in [3.8, 4) is 0 Å². The number of amides is 1. The van der Waals surface area contributed by atoms with E-state index in [4.69, 9.17) is 5.73 Å². The molecular formula is C15H26N2O. The van der Waals surface area contributed by atoms with Gasteiger partial charge in [-0.3, -0.25) is 4.79 Å². The molecule has 18 heavy (non-hydrogen) atoms. The van der Waals surface area contributed by atoms with Gasteiger partial charge in [-0.25, -0.2) is 0 Å². The fourth-order valence-electron chi connectivity index (χ4n) is 4.21. The van der Waals surface area contributed by atoms with Crippen LogP contribution in [0.4, 0.5) is 0 Å². The summed E-state index contributed by atoms with van der Waals surface area (Å²) in [7, 11) is 0. The lowest BCUT2D eigenvalue weighted by Gasteiger charge is -2.44. The quantitative estimate of drug-likeness (QED) is 0.834. The lowest BCUT2D eigenvalue weighted by Crippen LogP contribution is -2.50. The first-order valence-corrected chi connectivity index (χ1v) is 7.76. The SMILES string of the molecule is CCN(C(=O)C1CC2CCCC(C1)C2N)C1CC1. The van der Waals surface area contributed by atoms with Crippen molar-refractivity contribution in [3.05, 3.63) is 0 Å². The van der Waals surface area contributed by atoms with E-state index in [2.05, 4.69) is 11.8 Å². The van der Waals surface area contributed by atoms with E-state index in [-0.39, 0.29) is 5.92 Å². The molecule has 0 radical (unpaired) electrons. The first-order valence-electron chi connectivity index (χ1n) is 7.76. The van der Waals surface area contributed by atoms with Crippen molar-refractivity contribution in [2.24, 2.45) is 23.5 Å². The monoisotopic (exact) mass is 250 g/mol. The van der Waals surface area contributed by atoms with E-state index in [0.29, 0.717) is 29.8 Å². The van der Waals surface area contributed by atoms with E-state index in [1.54, 1.807) is 0 Å². The van der Waals surface area contributed by atoms with Crippen molar-refractivity contribution in [3.63, 3.8) is 0 Å². The molecule has 1 amide bonds. The summed E-state index contributed by atoms with van der Waals surface area (Å²) in [6, 6.07) is 0.941. The van der Waals surface area contributed by atoms with E-state index >= 15 is 0 Å². The van der Waals surface area contributed by atoms with Crippen molar-refractivity contribution in [1.29, 1.82) is 0 Å². The lowest BCUT2D eigenvalue weighted by molar-refractivity contribution is -0.139. The van der Waals surface area contributed by atoms with Crippen LogP contribution in [0.1, 0.15) is 51.9 Å². The van der Waals surface area contributed by atoms with Crippen LogP contribution in [-0.2, 0) is 4.79 Å². The standard InChI is InChI=1S/C15H26N2O/c1-2-17(13-6-7-13)15(18)12-8-10-4-3-5-11(9-12)14(10)16/h10-14H,2-9,16H2,1H3. The van der Waals surface area contributed by atoms with Crippen LogP contribution in [0.25, 0.3) is 0 Å². The topological polar surface area (TPSA) is 46.3 Å². The Morgan fingerprint density at radius 1 is 1.17 bits per heavy atom. The second-order valence-electron chi connectivity index (χ2n) is 6.55. The Bertz CT molecular complexity index is 312. The summed E-state index contributed by atoms with van der Waals surface area (Å²) in [5, 5.41) is 0. The van der Waals surface area contributed by atoms with Gasteiger partial charge >= 0.3 is 0 Å². The van der Waals surface area contributed by atoms with Crippen molar-refractivity contribution in [1.82, 2.24) is 4.90 Å². The predicted octanol–water partition coefficient (Wildman–Crippen LogP) is 2.15. The molecule has 3 fully saturated rings. The average molecular weight is 250 g/mol. The Morgan fingerprint density at radius 3 is 2.28 bits per heavy atom. The minimum atomic E-state index is 0.278. The molecule has 0 aromatic carbocycles. The van der Waals surface area contributed by atoms with Gasteiger partial charge in [0.25, 0.3) is 0 Å². The molecule has 0 aliphatic heterocycles. The highest BCUT2D eigenvalue weighted by Gasteiger charge is 2.43. The average Bonchev–Trinajstić information content (AvgIpc) is 3.14. The third-order valence-corrected chi connectivity index (χ3v) is 5.37. The Morgan fingerprint density at radius 2 is 1.78 bits per heavy atom. The second kappa shape index (κ2) is 4.84. The molecule has 3 aliphatic rings. The predicted molar refractivity (Wildman–Crippen MR) is 71.9 cm³/mol. The van der Waals surface area contributed by atoms with E-state index in [1.165, 1.54) is 32.1 Å². The van der Waals surface area contributed by atoms with E-state index in [9.17, 15) is 4.79 Å². The van der Waals surface area contributed by atoms with Gasteiger partial charge in [-0.1, -0.05) is 6.42 Å². The maximum absolute atomic E-state index is 12.6. The van der Waals surface area contributed by atoms with Crippen molar-refractivity contribution < 1.29 is 4.79 Å². The molecule has 102 valence electrons. The van der Waals surface area contributed by atoms with Gasteiger partial charge in [-0.2, -0.15) is 0 Å². The second-order valence-corrected chi connectivity index (χ2v) is 6.55. The lowest BCUT2D eigenvalue weighted by atomic mass is 9.65. The molecule has 0 spiro atoms.